The first-order chi connectivity index (χ1) is 8.24. The molecule has 0 spiro atoms. The van der Waals surface area contributed by atoms with Crippen molar-refractivity contribution in [2.75, 3.05) is 11.1 Å². The molecule has 0 saturated heterocycles. The number of anilines is 1. The number of carboxylic acid groups (broad SMARTS) is 1. The van der Waals surface area contributed by atoms with Gasteiger partial charge >= 0.3 is 5.97 Å². The quantitative estimate of drug-likeness (QED) is 0.783. The van der Waals surface area contributed by atoms with Crippen LogP contribution in [0.3, 0.4) is 0 Å². The zero-order chi connectivity index (χ0) is 12.1. The highest BCUT2D eigenvalue weighted by atomic mass is 32.2. The summed E-state index contributed by atoms with van der Waals surface area (Å²) >= 11 is 4.07. The second-order valence-electron chi connectivity index (χ2n) is 2.83. The van der Waals surface area contributed by atoms with E-state index in [2.05, 4.69) is 20.5 Å². The van der Waals surface area contributed by atoms with E-state index in [1.807, 2.05) is 5.38 Å². The molecule has 0 atom stereocenters. The fourth-order valence-corrected chi connectivity index (χ4v) is 2.98. The minimum atomic E-state index is -0.859. The molecule has 90 valence electrons. The van der Waals surface area contributed by atoms with Crippen LogP contribution in [-0.4, -0.2) is 32.0 Å². The Hall–Kier alpha value is -1.19. The average Bonchev–Trinajstić information content (AvgIpc) is 2.95. The third-order valence-electron chi connectivity index (χ3n) is 1.60. The molecule has 2 N–H and O–H groups in total. The van der Waals surface area contributed by atoms with Crippen LogP contribution in [0.25, 0.3) is 0 Å². The number of carboxylic acids is 1. The van der Waals surface area contributed by atoms with E-state index in [0.717, 1.165) is 5.01 Å². The van der Waals surface area contributed by atoms with E-state index < -0.39 is 5.97 Å². The Balaban J connectivity index is 1.83. The Morgan fingerprint density at radius 1 is 1.53 bits per heavy atom. The van der Waals surface area contributed by atoms with Gasteiger partial charge < -0.3 is 10.4 Å². The molecule has 2 heterocycles. The fraction of sp³-hybridized carbons (Fsp3) is 0.250. The Bertz CT molecular complexity index is 485. The number of carbonyl (C=O) groups is 1. The number of aliphatic carboxylic acids is 1. The molecular formula is C8H8N4O2S3. The lowest BCUT2D eigenvalue weighted by molar-refractivity contribution is -0.133. The first-order valence-electron chi connectivity index (χ1n) is 4.54. The van der Waals surface area contributed by atoms with Crippen LogP contribution in [0.15, 0.2) is 15.9 Å². The highest BCUT2D eigenvalue weighted by molar-refractivity contribution is 8.01. The van der Waals surface area contributed by atoms with Gasteiger partial charge in [-0.05, 0) is 0 Å². The number of thioether (sulfide) groups is 1. The SMILES string of the molecule is O=C(O)CSc1nnc(NCc2nccs2)s1. The molecule has 2 aromatic heterocycles. The third-order valence-corrected chi connectivity index (χ3v) is 4.38. The van der Waals surface area contributed by atoms with Gasteiger partial charge in [-0.15, -0.1) is 21.5 Å². The molecular weight excluding hydrogens is 280 g/mol. The van der Waals surface area contributed by atoms with Gasteiger partial charge in [-0.25, -0.2) is 4.98 Å². The molecule has 0 fully saturated rings. The molecule has 0 amide bonds. The lowest BCUT2D eigenvalue weighted by atomic mass is 10.7. The van der Waals surface area contributed by atoms with Gasteiger partial charge in [0, 0.05) is 11.6 Å². The summed E-state index contributed by atoms with van der Waals surface area (Å²) in [6.07, 6.45) is 1.75. The van der Waals surface area contributed by atoms with E-state index >= 15 is 0 Å². The molecule has 0 bridgehead atoms. The molecule has 2 rings (SSSR count). The lowest BCUT2D eigenvalue weighted by Gasteiger charge is -1.96. The number of nitrogens with zero attached hydrogens (tertiary/aromatic N) is 3. The van der Waals surface area contributed by atoms with Crippen LogP contribution in [-0.2, 0) is 11.3 Å². The van der Waals surface area contributed by atoms with Crippen LogP contribution in [0.1, 0.15) is 5.01 Å². The topological polar surface area (TPSA) is 88.0 Å². The predicted octanol–water partition coefficient (Wildman–Crippen LogP) is 1.78. The van der Waals surface area contributed by atoms with Crippen molar-refractivity contribution >= 4 is 45.5 Å². The second-order valence-corrected chi connectivity index (χ2v) is 6.01. The standard InChI is InChI=1S/C8H8N4O2S3/c13-6(14)4-16-8-12-11-7(17-8)10-3-5-9-1-2-15-5/h1-2H,3-4H2,(H,10,11)(H,13,14). The molecule has 0 aliphatic heterocycles. The third kappa shape index (κ3) is 3.95. The Labute approximate surface area is 109 Å². The summed E-state index contributed by atoms with van der Waals surface area (Å²) < 4.78 is 0.647. The summed E-state index contributed by atoms with van der Waals surface area (Å²) in [6, 6.07) is 0. The molecule has 0 aliphatic carbocycles. The summed E-state index contributed by atoms with van der Waals surface area (Å²) in [5.74, 6) is -0.858. The van der Waals surface area contributed by atoms with Gasteiger partial charge in [0.05, 0.1) is 12.3 Å². The number of thiazole rings is 1. The van der Waals surface area contributed by atoms with Crippen molar-refractivity contribution in [2.24, 2.45) is 0 Å². The van der Waals surface area contributed by atoms with Crippen LogP contribution in [0.5, 0.6) is 0 Å². The number of rotatable bonds is 6. The number of aromatic nitrogens is 3. The zero-order valence-electron chi connectivity index (χ0n) is 8.49. The van der Waals surface area contributed by atoms with Gasteiger partial charge in [-0.3, -0.25) is 4.79 Å². The van der Waals surface area contributed by atoms with Gasteiger partial charge in [-0.2, -0.15) is 0 Å². The lowest BCUT2D eigenvalue weighted by Crippen LogP contribution is -1.97. The minimum absolute atomic E-state index is 0.00110. The van der Waals surface area contributed by atoms with Crippen molar-refractivity contribution in [3.63, 3.8) is 0 Å². The Morgan fingerprint density at radius 2 is 2.41 bits per heavy atom. The second kappa shape index (κ2) is 5.94. The first kappa shape index (κ1) is 12.3. The van der Waals surface area contributed by atoms with E-state index in [9.17, 15) is 4.79 Å². The summed E-state index contributed by atoms with van der Waals surface area (Å²) in [5.41, 5.74) is 0. The van der Waals surface area contributed by atoms with Crippen LogP contribution in [0.2, 0.25) is 0 Å². The number of hydrogen-bond acceptors (Lipinski definition) is 8. The molecule has 6 nitrogen and oxygen atoms in total. The first-order valence-corrected chi connectivity index (χ1v) is 7.22. The van der Waals surface area contributed by atoms with Crippen LogP contribution in [0.4, 0.5) is 5.13 Å². The predicted molar refractivity (Wildman–Crippen MR) is 67.7 cm³/mol. The van der Waals surface area contributed by atoms with Gasteiger partial charge in [0.2, 0.25) is 5.13 Å². The summed E-state index contributed by atoms with van der Waals surface area (Å²) in [7, 11) is 0. The van der Waals surface area contributed by atoms with E-state index in [1.54, 1.807) is 17.5 Å². The summed E-state index contributed by atoms with van der Waals surface area (Å²) in [6.45, 7) is 0.607. The molecule has 0 aromatic carbocycles. The maximum absolute atomic E-state index is 10.4. The zero-order valence-corrected chi connectivity index (χ0v) is 10.9. The van der Waals surface area contributed by atoms with Gasteiger partial charge in [-0.1, -0.05) is 23.1 Å². The molecule has 9 heteroatoms. The van der Waals surface area contributed by atoms with Crippen molar-refractivity contribution in [2.45, 2.75) is 10.9 Å². The normalized spacial score (nSPS) is 10.4. The van der Waals surface area contributed by atoms with Crippen molar-refractivity contribution in [1.29, 1.82) is 0 Å². The van der Waals surface area contributed by atoms with Crippen molar-refractivity contribution in [3.8, 4) is 0 Å². The minimum Gasteiger partial charge on any atom is -0.481 e. The Morgan fingerprint density at radius 3 is 3.12 bits per heavy atom. The van der Waals surface area contributed by atoms with E-state index in [0.29, 0.717) is 16.0 Å². The largest absolute Gasteiger partial charge is 0.481 e. The van der Waals surface area contributed by atoms with Gasteiger partial charge in [0.15, 0.2) is 4.34 Å². The van der Waals surface area contributed by atoms with Crippen molar-refractivity contribution in [1.82, 2.24) is 15.2 Å². The monoisotopic (exact) mass is 288 g/mol. The molecule has 0 unspecified atom stereocenters. The summed E-state index contributed by atoms with van der Waals surface area (Å²) in [4.78, 5) is 14.5. The van der Waals surface area contributed by atoms with Crippen LogP contribution in [0, 0.1) is 0 Å². The molecule has 17 heavy (non-hydrogen) atoms. The highest BCUT2D eigenvalue weighted by Crippen LogP contribution is 2.25. The molecule has 0 saturated carbocycles. The van der Waals surface area contributed by atoms with Crippen molar-refractivity contribution in [3.05, 3.63) is 16.6 Å². The number of hydrogen-bond donors (Lipinski definition) is 2. The maximum Gasteiger partial charge on any atom is 0.313 e. The van der Waals surface area contributed by atoms with E-state index in [4.69, 9.17) is 5.11 Å². The number of nitrogens with one attached hydrogen (secondary N) is 1. The average molecular weight is 288 g/mol. The smallest absolute Gasteiger partial charge is 0.313 e. The van der Waals surface area contributed by atoms with Gasteiger partial charge in [0.25, 0.3) is 0 Å². The summed E-state index contributed by atoms with van der Waals surface area (Å²) in [5, 5.41) is 23.0. The highest BCUT2D eigenvalue weighted by Gasteiger charge is 2.07. The fourth-order valence-electron chi connectivity index (χ4n) is 0.955. The van der Waals surface area contributed by atoms with Crippen molar-refractivity contribution < 1.29 is 9.90 Å². The van der Waals surface area contributed by atoms with E-state index in [-0.39, 0.29) is 5.75 Å². The van der Waals surface area contributed by atoms with Crippen LogP contribution >= 0.6 is 34.4 Å². The molecule has 0 aliphatic rings. The van der Waals surface area contributed by atoms with Gasteiger partial charge in [0.1, 0.15) is 5.01 Å². The Kier molecular flexibility index (Phi) is 4.29. The molecule has 2 aromatic rings. The van der Waals surface area contributed by atoms with Crippen LogP contribution < -0.4 is 5.32 Å². The maximum atomic E-state index is 10.4. The van der Waals surface area contributed by atoms with E-state index in [1.165, 1.54) is 23.1 Å². The molecule has 0 radical (unpaired) electrons.